The fourth-order valence-corrected chi connectivity index (χ4v) is 2.59. The van der Waals surface area contributed by atoms with Gasteiger partial charge in [0.1, 0.15) is 0 Å². The van der Waals surface area contributed by atoms with E-state index in [2.05, 4.69) is 6.58 Å². The number of hydrogen-bond donors (Lipinski definition) is 1. The van der Waals surface area contributed by atoms with Crippen LogP contribution < -0.4 is 0 Å². The highest BCUT2D eigenvalue weighted by Crippen LogP contribution is 2.20. The fourth-order valence-electron chi connectivity index (χ4n) is 1.75. The summed E-state index contributed by atoms with van der Waals surface area (Å²) in [4.78, 5) is 13.7. The van der Waals surface area contributed by atoms with Gasteiger partial charge >= 0.3 is 0 Å². The number of carbonyl (C=O) groups excluding carboxylic acids is 1. The predicted molar refractivity (Wildman–Crippen MR) is 77.4 cm³/mol. The number of aryl methyl sites for hydroxylation is 1. The summed E-state index contributed by atoms with van der Waals surface area (Å²) < 4.78 is 22.5. The zero-order valence-electron chi connectivity index (χ0n) is 11.0. The van der Waals surface area contributed by atoms with Gasteiger partial charge in [-0.1, -0.05) is 6.08 Å². The van der Waals surface area contributed by atoms with Gasteiger partial charge in [-0.3, -0.25) is 4.79 Å². The number of hydrogen-bond acceptors (Lipinski definition) is 4. The molecule has 7 heteroatoms. The zero-order chi connectivity index (χ0) is 15.3. The molecule has 0 atom stereocenters. The van der Waals surface area contributed by atoms with Crippen LogP contribution in [0, 0.1) is 6.92 Å². The molecule has 0 fully saturated rings. The summed E-state index contributed by atoms with van der Waals surface area (Å²) in [6, 6.07) is 4.05. The van der Waals surface area contributed by atoms with Crippen LogP contribution in [0.5, 0.6) is 0 Å². The van der Waals surface area contributed by atoms with E-state index >= 15 is 0 Å². The van der Waals surface area contributed by atoms with E-state index in [0.717, 1.165) is 0 Å². The number of halogens is 1. The van der Waals surface area contributed by atoms with Crippen molar-refractivity contribution in [2.24, 2.45) is 0 Å². The van der Waals surface area contributed by atoms with Crippen molar-refractivity contribution in [2.75, 3.05) is 19.7 Å². The van der Waals surface area contributed by atoms with Gasteiger partial charge in [0.15, 0.2) is 0 Å². The van der Waals surface area contributed by atoms with E-state index in [0.29, 0.717) is 17.7 Å². The third-order valence-corrected chi connectivity index (χ3v) is 4.07. The van der Waals surface area contributed by atoms with Crippen LogP contribution >= 0.6 is 10.7 Å². The van der Waals surface area contributed by atoms with Crippen molar-refractivity contribution in [1.29, 1.82) is 0 Å². The molecule has 5 nitrogen and oxygen atoms in total. The monoisotopic (exact) mass is 317 g/mol. The van der Waals surface area contributed by atoms with Crippen LogP contribution in [-0.4, -0.2) is 44.0 Å². The first-order valence-electron chi connectivity index (χ1n) is 5.87. The summed E-state index contributed by atoms with van der Waals surface area (Å²) in [5.74, 6) is -0.296. The Morgan fingerprint density at radius 1 is 1.50 bits per heavy atom. The molecule has 0 saturated heterocycles. The van der Waals surface area contributed by atoms with E-state index < -0.39 is 9.05 Å². The van der Waals surface area contributed by atoms with E-state index in [-0.39, 0.29) is 24.0 Å². The Morgan fingerprint density at radius 3 is 2.60 bits per heavy atom. The molecule has 1 amide bonds. The molecule has 1 N–H and O–H groups in total. The lowest BCUT2D eigenvalue weighted by Gasteiger charge is -2.21. The summed E-state index contributed by atoms with van der Waals surface area (Å²) in [5.41, 5.74) is 0.869. The number of benzene rings is 1. The van der Waals surface area contributed by atoms with E-state index in [9.17, 15) is 13.2 Å². The molecule has 0 saturated carbocycles. The number of aliphatic hydroxyl groups excluding tert-OH is 1. The Hall–Kier alpha value is -1.37. The van der Waals surface area contributed by atoms with Crippen molar-refractivity contribution in [1.82, 2.24) is 4.90 Å². The van der Waals surface area contributed by atoms with Gasteiger partial charge < -0.3 is 10.0 Å². The number of aliphatic hydroxyl groups is 1. The minimum Gasteiger partial charge on any atom is -0.395 e. The molecule has 0 radical (unpaired) electrons. The molecule has 0 bridgehead atoms. The van der Waals surface area contributed by atoms with Crippen LogP contribution in [0.3, 0.4) is 0 Å². The smallest absolute Gasteiger partial charge is 0.261 e. The molecule has 1 rings (SSSR count). The normalized spacial score (nSPS) is 11.2. The molecule has 1 aromatic carbocycles. The maximum absolute atomic E-state index is 12.3. The van der Waals surface area contributed by atoms with Crippen molar-refractivity contribution in [3.05, 3.63) is 42.0 Å². The molecule has 0 spiro atoms. The Balaban J connectivity index is 3.13. The second-order valence-corrected chi connectivity index (χ2v) is 6.74. The van der Waals surface area contributed by atoms with Gasteiger partial charge in [-0.2, -0.15) is 0 Å². The van der Waals surface area contributed by atoms with Crippen LogP contribution in [-0.2, 0) is 9.05 Å². The minimum atomic E-state index is -3.82. The number of carbonyl (C=O) groups is 1. The van der Waals surface area contributed by atoms with Gasteiger partial charge in [0, 0.05) is 29.3 Å². The number of nitrogens with zero attached hydrogens (tertiary/aromatic N) is 1. The first kappa shape index (κ1) is 16.7. The maximum Gasteiger partial charge on any atom is 0.261 e. The number of amides is 1. The summed E-state index contributed by atoms with van der Waals surface area (Å²) in [6.07, 6.45) is 1.56. The first-order chi connectivity index (χ1) is 9.31. The van der Waals surface area contributed by atoms with Crippen molar-refractivity contribution < 1.29 is 18.3 Å². The summed E-state index contributed by atoms with van der Waals surface area (Å²) in [6.45, 7) is 5.50. The largest absolute Gasteiger partial charge is 0.395 e. The quantitative estimate of drug-likeness (QED) is 0.638. The SMILES string of the molecule is C=CCN(CCO)C(=O)c1ccc(S(=O)(=O)Cl)cc1C. The predicted octanol–water partition coefficient (Wildman–Crippen LogP) is 1.54. The molecule has 110 valence electrons. The average molecular weight is 318 g/mol. The highest BCUT2D eigenvalue weighted by Gasteiger charge is 2.18. The molecule has 1 aromatic rings. The van der Waals surface area contributed by atoms with E-state index in [1.165, 1.54) is 23.1 Å². The molecule has 0 heterocycles. The maximum atomic E-state index is 12.3. The second-order valence-electron chi connectivity index (χ2n) is 4.18. The summed E-state index contributed by atoms with van der Waals surface area (Å²) in [7, 11) is 1.44. The Bertz CT molecular complexity index is 613. The van der Waals surface area contributed by atoms with Crippen molar-refractivity contribution in [2.45, 2.75) is 11.8 Å². The van der Waals surface area contributed by atoms with Crippen molar-refractivity contribution >= 4 is 25.6 Å². The van der Waals surface area contributed by atoms with Gasteiger partial charge in [-0.15, -0.1) is 6.58 Å². The molecule has 20 heavy (non-hydrogen) atoms. The third kappa shape index (κ3) is 4.06. The highest BCUT2D eigenvalue weighted by molar-refractivity contribution is 8.13. The highest BCUT2D eigenvalue weighted by atomic mass is 35.7. The first-order valence-corrected chi connectivity index (χ1v) is 8.18. The lowest BCUT2D eigenvalue weighted by Crippen LogP contribution is -2.34. The Kier molecular flexibility index (Phi) is 5.74. The standard InChI is InChI=1S/C13H16ClNO4S/c1-3-6-15(7-8-16)13(17)12-5-4-11(9-10(12)2)20(14,18)19/h3-5,9,16H,1,6-8H2,2H3. The zero-order valence-corrected chi connectivity index (χ0v) is 12.6. The molecular formula is C13H16ClNO4S. The molecule has 0 aliphatic carbocycles. The lowest BCUT2D eigenvalue weighted by molar-refractivity contribution is 0.0742. The van der Waals surface area contributed by atoms with Gasteiger partial charge in [-0.05, 0) is 30.7 Å². The Labute approximate surface area is 122 Å². The summed E-state index contributed by atoms with van der Waals surface area (Å²) >= 11 is 0. The third-order valence-electron chi connectivity index (χ3n) is 2.72. The van der Waals surface area contributed by atoms with Crippen LogP contribution in [0.2, 0.25) is 0 Å². The molecular weight excluding hydrogens is 302 g/mol. The lowest BCUT2D eigenvalue weighted by atomic mass is 10.1. The molecule has 0 aliphatic rings. The van der Waals surface area contributed by atoms with Crippen LogP contribution in [0.4, 0.5) is 0 Å². The average Bonchev–Trinajstić information content (AvgIpc) is 2.36. The summed E-state index contributed by atoms with van der Waals surface area (Å²) in [5, 5.41) is 8.95. The van der Waals surface area contributed by atoms with Gasteiger partial charge in [-0.25, -0.2) is 8.42 Å². The van der Waals surface area contributed by atoms with Gasteiger partial charge in [0.05, 0.1) is 11.5 Å². The van der Waals surface area contributed by atoms with Crippen molar-refractivity contribution in [3.8, 4) is 0 Å². The van der Waals surface area contributed by atoms with Crippen molar-refractivity contribution in [3.63, 3.8) is 0 Å². The van der Waals surface area contributed by atoms with E-state index in [4.69, 9.17) is 15.8 Å². The van der Waals surface area contributed by atoms with Gasteiger partial charge in [0.25, 0.3) is 15.0 Å². The van der Waals surface area contributed by atoms with Crippen LogP contribution in [0.15, 0.2) is 35.7 Å². The van der Waals surface area contributed by atoms with E-state index in [1.807, 2.05) is 0 Å². The Morgan fingerprint density at radius 2 is 2.15 bits per heavy atom. The van der Waals surface area contributed by atoms with Crippen LogP contribution in [0.25, 0.3) is 0 Å². The van der Waals surface area contributed by atoms with E-state index in [1.54, 1.807) is 13.0 Å². The number of rotatable bonds is 6. The topological polar surface area (TPSA) is 74.7 Å². The minimum absolute atomic E-state index is 0.0503. The van der Waals surface area contributed by atoms with Gasteiger partial charge in [0.2, 0.25) is 0 Å². The fraction of sp³-hybridized carbons (Fsp3) is 0.308. The molecule has 0 aromatic heterocycles. The molecule has 0 unspecified atom stereocenters. The second kappa shape index (κ2) is 6.88. The molecule has 0 aliphatic heterocycles. The van der Waals surface area contributed by atoms with Crippen LogP contribution in [0.1, 0.15) is 15.9 Å².